The Bertz CT molecular complexity index is 763. The molecule has 2 aliphatic heterocycles. The Morgan fingerprint density at radius 2 is 2.12 bits per heavy atom. The number of carbonyl (C=O) groups excluding carboxylic acids is 2. The SMILES string of the molecule is C[C@]12C[C@@H](c3ccoc3)OC(=O)[C@@H]1CC[C@@]13COC(=O)C1=CCC[C@@H]32. The number of cyclic esters (lactones) is 2. The minimum atomic E-state index is -0.268. The van der Waals surface area contributed by atoms with E-state index in [0.717, 1.165) is 43.2 Å². The Morgan fingerprint density at radius 1 is 1.24 bits per heavy atom. The van der Waals surface area contributed by atoms with Gasteiger partial charge in [-0.15, -0.1) is 0 Å². The summed E-state index contributed by atoms with van der Waals surface area (Å²) in [4.78, 5) is 25.0. The molecule has 1 aromatic heterocycles. The second-order valence-corrected chi connectivity index (χ2v) is 8.26. The number of rotatable bonds is 1. The van der Waals surface area contributed by atoms with E-state index < -0.39 is 0 Å². The Morgan fingerprint density at radius 3 is 2.92 bits per heavy atom. The maximum atomic E-state index is 12.8. The van der Waals surface area contributed by atoms with Gasteiger partial charge in [0.2, 0.25) is 0 Å². The van der Waals surface area contributed by atoms with E-state index >= 15 is 0 Å². The summed E-state index contributed by atoms with van der Waals surface area (Å²) in [7, 11) is 0. The van der Waals surface area contributed by atoms with Gasteiger partial charge in [0.25, 0.3) is 0 Å². The summed E-state index contributed by atoms with van der Waals surface area (Å²) in [6, 6.07) is 1.87. The third-order valence-corrected chi connectivity index (χ3v) is 7.24. The lowest BCUT2D eigenvalue weighted by Crippen LogP contribution is -2.57. The Labute approximate surface area is 146 Å². The molecule has 0 unspecified atom stereocenters. The van der Waals surface area contributed by atoms with Crippen molar-refractivity contribution in [2.45, 2.75) is 45.1 Å². The summed E-state index contributed by atoms with van der Waals surface area (Å²) in [6.07, 6.45) is 9.33. The number of carbonyl (C=O) groups is 2. The Kier molecular flexibility index (Phi) is 3.04. The Balaban J connectivity index is 1.57. The molecule has 5 rings (SSSR count). The molecule has 0 N–H and O–H groups in total. The van der Waals surface area contributed by atoms with Crippen molar-refractivity contribution in [3.8, 4) is 0 Å². The summed E-state index contributed by atoms with van der Waals surface area (Å²) in [6.45, 7) is 2.69. The van der Waals surface area contributed by atoms with E-state index in [1.54, 1.807) is 12.5 Å². The molecule has 3 fully saturated rings. The van der Waals surface area contributed by atoms with Crippen LogP contribution in [-0.2, 0) is 19.1 Å². The third kappa shape index (κ3) is 1.89. The maximum absolute atomic E-state index is 12.8. The standard InChI is InChI=1S/C20H22O5/c1-19-9-15(12-6-8-23-10-12)25-18(22)13(19)5-7-20-11-24-17(21)14(20)3-2-4-16(19)20/h3,6,8,10,13,15-16H,2,4-5,7,9,11H2,1H3/t13-,15-,16+,19-,20+/m0/s1. The van der Waals surface area contributed by atoms with Crippen molar-refractivity contribution in [2.24, 2.45) is 22.7 Å². The van der Waals surface area contributed by atoms with Crippen LogP contribution in [0, 0.1) is 22.7 Å². The van der Waals surface area contributed by atoms with Gasteiger partial charge in [0.1, 0.15) is 12.7 Å². The highest BCUT2D eigenvalue weighted by molar-refractivity contribution is 5.93. The zero-order valence-corrected chi connectivity index (χ0v) is 14.3. The van der Waals surface area contributed by atoms with E-state index in [2.05, 4.69) is 13.0 Å². The van der Waals surface area contributed by atoms with Crippen molar-refractivity contribution in [2.75, 3.05) is 6.61 Å². The van der Waals surface area contributed by atoms with Crippen LogP contribution < -0.4 is 0 Å². The largest absolute Gasteiger partial charge is 0.472 e. The quantitative estimate of drug-likeness (QED) is 0.730. The van der Waals surface area contributed by atoms with Crippen LogP contribution in [0.4, 0.5) is 0 Å². The highest BCUT2D eigenvalue weighted by atomic mass is 16.5. The molecule has 5 heteroatoms. The highest BCUT2D eigenvalue weighted by Gasteiger charge is 2.65. The van der Waals surface area contributed by atoms with E-state index in [4.69, 9.17) is 13.9 Å². The molecule has 1 aromatic rings. The number of hydrogen-bond donors (Lipinski definition) is 0. The van der Waals surface area contributed by atoms with Crippen LogP contribution in [0.15, 0.2) is 34.7 Å². The molecule has 25 heavy (non-hydrogen) atoms. The maximum Gasteiger partial charge on any atom is 0.334 e. The first-order valence-electron chi connectivity index (χ1n) is 9.15. The second-order valence-electron chi connectivity index (χ2n) is 8.26. The molecule has 3 heterocycles. The molecule has 0 radical (unpaired) electrons. The smallest absolute Gasteiger partial charge is 0.334 e. The van der Waals surface area contributed by atoms with Crippen LogP contribution in [0.5, 0.6) is 0 Å². The summed E-state index contributed by atoms with van der Waals surface area (Å²) < 4.78 is 16.4. The van der Waals surface area contributed by atoms with Crippen molar-refractivity contribution in [1.82, 2.24) is 0 Å². The van der Waals surface area contributed by atoms with Crippen LogP contribution in [0.3, 0.4) is 0 Å². The first kappa shape index (κ1) is 15.2. The number of hydrogen-bond acceptors (Lipinski definition) is 5. The first-order valence-corrected chi connectivity index (χ1v) is 9.15. The van der Waals surface area contributed by atoms with E-state index in [1.165, 1.54) is 0 Å². The van der Waals surface area contributed by atoms with Gasteiger partial charge in [-0.1, -0.05) is 13.0 Å². The lowest BCUT2D eigenvalue weighted by molar-refractivity contribution is -0.192. The van der Waals surface area contributed by atoms with E-state index in [1.807, 2.05) is 6.07 Å². The highest BCUT2D eigenvalue weighted by Crippen LogP contribution is 2.66. The van der Waals surface area contributed by atoms with Crippen molar-refractivity contribution >= 4 is 11.9 Å². The van der Waals surface area contributed by atoms with Gasteiger partial charge >= 0.3 is 11.9 Å². The van der Waals surface area contributed by atoms with Crippen molar-refractivity contribution < 1.29 is 23.5 Å². The molecule has 5 nitrogen and oxygen atoms in total. The fourth-order valence-corrected chi connectivity index (χ4v) is 6.09. The van der Waals surface area contributed by atoms with Gasteiger partial charge in [-0.25, -0.2) is 4.79 Å². The van der Waals surface area contributed by atoms with Crippen LogP contribution >= 0.6 is 0 Å². The van der Waals surface area contributed by atoms with Gasteiger partial charge in [-0.3, -0.25) is 4.79 Å². The zero-order chi connectivity index (χ0) is 17.2. The number of esters is 2. The lowest BCUT2D eigenvalue weighted by Gasteiger charge is -2.58. The van der Waals surface area contributed by atoms with Gasteiger partial charge in [0.05, 0.1) is 18.4 Å². The van der Waals surface area contributed by atoms with Crippen molar-refractivity contribution in [1.29, 1.82) is 0 Å². The van der Waals surface area contributed by atoms with Gasteiger partial charge in [-0.05, 0) is 49.5 Å². The average Bonchev–Trinajstić information content (AvgIpc) is 3.23. The predicted molar refractivity (Wildman–Crippen MR) is 87.2 cm³/mol. The van der Waals surface area contributed by atoms with E-state index in [0.29, 0.717) is 6.61 Å². The molecule has 5 atom stereocenters. The van der Waals surface area contributed by atoms with Gasteiger partial charge in [-0.2, -0.15) is 0 Å². The lowest BCUT2D eigenvalue weighted by atomic mass is 9.46. The summed E-state index contributed by atoms with van der Waals surface area (Å²) in [5.41, 5.74) is 1.38. The third-order valence-electron chi connectivity index (χ3n) is 7.24. The predicted octanol–water partition coefficient (Wildman–Crippen LogP) is 3.56. The normalized spacial score (nSPS) is 42.6. The Hall–Kier alpha value is -2.04. The molecule has 0 amide bonds. The molecule has 0 aromatic carbocycles. The van der Waals surface area contributed by atoms with Crippen molar-refractivity contribution in [3.05, 3.63) is 35.8 Å². The number of allylic oxidation sites excluding steroid dienone is 1. The van der Waals surface area contributed by atoms with Crippen LogP contribution in [-0.4, -0.2) is 18.5 Å². The molecule has 1 spiro atoms. The summed E-state index contributed by atoms with van der Waals surface area (Å²) in [5, 5.41) is 0. The minimum Gasteiger partial charge on any atom is -0.472 e. The van der Waals surface area contributed by atoms with Gasteiger partial charge in [0.15, 0.2) is 0 Å². The topological polar surface area (TPSA) is 65.7 Å². The fourth-order valence-electron chi connectivity index (χ4n) is 6.09. The molecule has 2 aliphatic carbocycles. The van der Waals surface area contributed by atoms with Gasteiger partial charge in [0, 0.05) is 16.6 Å². The van der Waals surface area contributed by atoms with Crippen LogP contribution in [0.25, 0.3) is 0 Å². The van der Waals surface area contributed by atoms with Gasteiger partial charge < -0.3 is 13.9 Å². The molecule has 132 valence electrons. The average molecular weight is 342 g/mol. The number of furan rings is 1. The van der Waals surface area contributed by atoms with Crippen molar-refractivity contribution in [3.63, 3.8) is 0 Å². The molecule has 0 bridgehead atoms. The number of ether oxygens (including phenoxy) is 2. The monoisotopic (exact) mass is 342 g/mol. The molecule has 4 aliphatic rings. The molecule has 1 saturated carbocycles. The van der Waals surface area contributed by atoms with Crippen LogP contribution in [0.1, 0.15) is 50.7 Å². The zero-order valence-electron chi connectivity index (χ0n) is 14.3. The van der Waals surface area contributed by atoms with E-state index in [9.17, 15) is 9.59 Å². The molecular weight excluding hydrogens is 320 g/mol. The van der Waals surface area contributed by atoms with Crippen LogP contribution in [0.2, 0.25) is 0 Å². The molecular formula is C20H22O5. The number of fused-ring (bicyclic) bond motifs is 2. The molecule has 2 saturated heterocycles. The van der Waals surface area contributed by atoms with E-state index in [-0.39, 0.29) is 40.7 Å². The second kappa shape index (κ2) is 4.99. The summed E-state index contributed by atoms with van der Waals surface area (Å²) in [5.74, 6) is -0.0820. The minimum absolute atomic E-state index is 0.0960. The summed E-state index contributed by atoms with van der Waals surface area (Å²) >= 11 is 0. The fraction of sp³-hybridized carbons (Fsp3) is 0.600. The first-order chi connectivity index (χ1) is 12.0.